The van der Waals surface area contributed by atoms with Gasteiger partial charge in [0.05, 0.1) is 12.0 Å². The maximum atomic E-state index is 12.4. The molecular formula is C21H26O10. The van der Waals surface area contributed by atoms with Crippen molar-refractivity contribution in [3.8, 4) is 5.75 Å². The lowest BCUT2D eigenvalue weighted by molar-refractivity contribution is -0.321. The van der Waals surface area contributed by atoms with E-state index in [1.807, 2.05) is 0 Å². The first-order valence-corrected chi connectivity index (χ1v) is 10.00. The van der Waals surface area contributed by atoms with E-state index in [9.17, 15) is 30.3 Å². The molecule has 0 amide bonds. The van der Waals surface area contributed by atoms with E-state index in [0.717, 1.165) is 0 Å². The minimum absolute atomic E-state index is 0.149. The quantitative estimate of drug-likeness (QED) is 0.408. The summed E-state index contributed by atoms with van der Waals surface area (Å²) in [5.74, 6) is 0.640. The molecule has 10 heteroatoms. The molecule has 1 aromatic carbocycles. The van der Waals surface area contributed by atoms with Crippen LogP contribution in [-0.4, -0.2) is 74.6 Å². The van der Waals surface area contributed by atoms with Gasteiger partial charge in [0.1, 0.15) is 59.8 Å². The number of aliphatic hydroxyl groups excluding tert-OH is 5. The standard InChI is InChI=1S/C21H26O10/c1-21(2)16(30-20-19(27)18(26)17(25)15(8-23)29-20)4-9-3-11-12(24)5-10(7-22)28-14(11)6-13(9)31-21/h3,5-6,15-20,22-23,25-27H,4,7-8H2,1-2H3/t15-,16+,17-,18+,19-,20+/m1/s1. The van der Waals surface area contributed by atoms with Crippen molar-refractivity contribution in [2.45, 2.75) is 69.3 Å². The second kappa shape index (κ2) is 8.14. The van der Waals surface area contributed by atoms with Crippen LogP contribution >= 0.6 is 0 Å². The molecular weight excluding hydrogens is 412 g/mol. The molecule has 0 radical (unpaired) electrons. The molecule has 0 bridgehead atoms. The highest BCUT2D eigenvalue weighted by atomic mass is 16.7. The summed E-state index contributed by atoms with van der Waals surface area (Å²) in [6, 6.07) is 4.46. The van der Waals surface area contributed by atoms with Gasteiger partial charge in [-0.25, -0.2) is 0 Å². The molecule has 3 heterocycles. The number of ether oxygens (including phenoxy) is 3. The lowest BCUT2D eigenvalue weighted by Crippen LogP contribution is -2.61. The van der Waals surface area contributed by atoms with Crippen LogP contribution in [0, 0.1) is 0 Å². The third-order valence-electron chi connectivity index (χ3n) is 5.82. The monoisotopic (exact) mass is 438 g/mol. The lowest BCUT2D eigenvalue weighted by atomic mass is 9.90. The molecule has 1 saturated heterocycles. The van der Waals surface area contributed by atoms with Crippen LogP contribution < -0.4 is 10.2 Å². The van der Waals surface area contributed by atoms with Crippen LogP contribution in [0.25, 0.3) is 11.0 Å². The Morgan fingerprint density at radius 2 is 1.84 bits per heavy atom. The zero-order valence-corrected chi connectivity index (χ0v) is 17.1. The second-order valence-electron chi connectivity index (χ2n) is 8.42. The van der Waals surface area contributed by atoms with Crippen molar-refractivity contribution in [3.05, 3.63) is 39.7 Å². The van der Waals surface area contributed by atoms with Gasteiger partial charge in [-0.1, -0.05) is 0 Å². The average molecular weight is 438 g/mol. The van der Waals surface area contributed by atoms with Crippen LogP contribution in [-0.2, 0) is 22.5 Å². The van der Waals surface area contributed by atoms with Gasteiger partial charge < -0.3 is 44.2 Å². The first-order valence-electron chi connectivity index (χ1n) is 10.00. The molecule has 170 valence electrons. The number of rotatable bonds is 4. The Kier molecular flexibility index (Phi) is 5.81. The fourth-order valence-corrected chi connectivity index (χ4v) is 3.96. The summed E-state index contributed by atoms with van der Waals surface area (Å²) < 4.78 is 23.0. The molecule has 0 spiro atoms. The van der Waals surface area contributed by atoms with Gasteiger partial charge in [-0.05, 0) is 25.5 Å². The van der Waals surface area contributed by atoms with Gasteiger partial charge in [0, 0.05) is 18.6 Å². The van der Waals surface area contributed by atoms with Gasteiger partial charge in [-0.15, -0.1) is 0 Å². The highest BCUT2D eigenvalue weighted by Gasteiger charge is 2.47. The summed E-state index contributed by atoms with van der Waals surface area (Å²) in [5, 5.41) is 49.2. The maximum absolute atomic E-state index is 12.4. The molecule has 10 nitrogen and oxygen atoms in total. The third-order valence-corrected chi connectivity index (χ3v) is 5.82. The molecule has 0 unspecified atom stereocenters. The fraction of sp³-hybridized carbons (Fsp3) is 0.571. The number of hydrogen-bond acceptors (Lipinski definition) is 10. The van der Waals surface area contributed by atoms with Gasteiger partial charge in [0.15, 0.2) is 11.7 Å². The molecule has 1 fully saturated rings. The Labute approximate surface area is 177 Å². The van der Waals surface area contributed by atoms with E-state index in [4.69, 9.17) is 18.6 Å². The van der Waals surface area contributed by atoms with Crippen molar-refractivity contribution < 1.29 is 44.2 Å². The molecule has 31 heavy (non-hydrogen) atoms. The minimum atomic E-state index is -1.55. The third kappa shape index (κ3) is 3.96. The predicted octanol–water partition coefficient (Wildman–Crippen LogP) is -0.816. The topological polar surface area (TPSA) is 159 Å². The van der Waals surface area contributed by atoms with Crippen molar-refractivity contribution in [2.24, 2.45) is 0 Å². The van der Waals surface area contributed by atoms with E-state index < -0.39 is 55.6 Å². The van der Waals surface area contributed by atoms with Gasteiger partial charge in [-0.3, -0.25) is 4.79 Å². The number of aliphatic hydroxyl groups is 5. The van der Waals surface area contributed by atoms with Crippen molar-refractivity contribution in [1.82, 2.24) is 0 Å². The van der Waals surface area contributed by atoms with Crippen LogP contribution in [0.3, 0.4) is 0 Å². The minimum Gasteiger partial charge on any atom is -0.485 e. The largest absolute Gasteiger partial charge is 0.485 e. The van der Waals surface area contributed by atoms with Crippen LogP contribution in [0.5, 0.6) is 5.75 Å². The first-order chi connectivity index (χ1) is 14.6. The van der Waals surface area contributed by atoms with E-state index in [1.165, 1.54) is 6.07 Å². The van der Waals surface area contributed by atoms with Crippen molar-refractivity contribution in [1.29, 1.82) is 0 Å². The molecule has 1 aromatic heterocycles. The maximum Gasteiger partial charge on any atom is 0.193 e. The number of hydrogen-bond donors (Lipinski definition) is 5. The first kappa shape index (κ1) is 22.2. The van der Waals surface area contributed by atoms with Gasteiger partial charge >= 0.3 is 0 Å². The van der Waals surface area contributed by atoms with E-state index in [2.05, 4.69) is 0 Å². The van der Waals surface area contributed by atoms with Crippen LogP contribution in [0.15, 0.2) is 27.4 Å². The fourth-order valence-electron chi connectivity index (χ4n) is 3.96. The van der Waals surface area contributed by atoms with E-state index >= 15 is 0 Å². The normalized spacial score (nSPS) is 32.5. The predicted molar refractivity (Wildman–Crippen MR) is 105 cm³/mol. The highest BCUT2D eigenvalue weighted by Crippen LogP contribution is 2.38. The number of fused-ring (bicyclic) bond motifs is 2. The highest BCUT2D eigenvalue weighted by molar-refractivity contribution is 5.79. The second-order valence-corrected chi connectivity index (χ2v) is 8.42. The molecule has 6 atom stereocenters. The van der Waals surface area contributed by atoms with Crippen molar-refractivity contribution in [3.63, 3.8) is 0 Å². The molecule has 2 aromatic rings. The van der Waals surface area contributed by atoms with Crippen molar-refractivity contribution in [2.75, 3.05) is 6.61 Å². The van der Waals surface area contributed by atoms with Crippen molar-refractivity contribution >= 4 is 11.0 Å². The summed E-state index contributed by atoms with van der Waals surface area (Å²) in [7, 11) is 0. The number of benzene rings is 1. The molecule has 0 aliphatic carbocycles. The summed E-state index contributed by atoms with van der Waals surface area (Å²) in [4.78, 5) is 12.4. The summed E-state index contributed by atoms with van der Waals surface area (Å²) in [6.45, 7) is 2.59. The van der Waals surface area contributed by atoms with Crippen LogP contribution in [0.4, 0.5) is 0 Å². The zero-order chi connectivity index (χ0) is 22.5. The Morgan fingerprint density at radius 1 is 1.10 bits per heavy atom. The van der Waals surface area contributed by atoms with Crippen LogP contribution in [0.1, 0.15) is 25.2 Å². The molecule has 4 rings (SSSR count). The van der Waals surface area contributed by atoms with Crippen LogP contribution in [0.2, 0.25) is 0 Å². The van der Waals surface area contributed by atoms with Gasteiger partial charge in [-0.2, -0.15) is 0 Å². The Morgan fingerprint density at radius 3 is 2.52 bits per heavy atom. The van der Waals surface area contributed by atoms with Gasteiger partial charge in [0.25, 0.3) is 0 Å². The smallest absolute Gasteiger partial charge is 0.193 e. The van der Waals surface area contributed by atoms with E-state index in [-0.39, 0.29) is 11.2 Å². The van der Waals surface area contributed by atoms with Gasteiger partial charge in [0.2, 0.25) is 0 Å². The molecule has 2 aliphatic rings. The van der Waals surface area contributed by atoms with E-state index in [1.54, 1.807) is 26.0 Å². The molecule has 0 saturated carbocycles. The summed E-state index contributed by atoms with van der Waals surface area (Å²) in [5.41, 5.74) is -0.233. The van der Waals surface area contributed by atoms with E-state index in [0.29, 0.717) is 28.7 Å². The summed E-state index contributed by atoms with van der Waals surface area (Å²) in [6.07, 6.45) is -7.30. The Balaban J connectivity index is 1.63. The summed E-state index contributed by atoms with van der Waals surface area (Å²) >= 11 is 0. The Bertz CT molecular complexity index is 1010. The molecule has 5 N–H and O–H groups in total. The molecule has 2 aliphatic heterocycles. The SMILES string of the molecule is CC1(C)Oc2cc3oc(CO)cc(=O)c3cc2C[C@@H]1O[C@@H]1O[C@H](CO)[C@@H](O)[C@H](O)[C@H]1O. The lowest BCUT2D eigenvalue weighted by Gasteiger charge is -2.45. The Hall–Kier alpha value is -2.05. The zero-order valence-electron chi connectivity index (χ0n) is 17.1. The average Bonchev–Trinajstić information content (AvgIpc) is 2.73.